The van der Waals surface area contributed by atoms with E-state index in [4.69, 9.17) is 9.47 Å². The molecule has 2 aromatic rings. The fourth-order valence-electron chi connectivity index (χ4n) is 1.66. The molecule has 0 saturated carbocycles. The zero-order valence-corrected chi connectivity index (χ0v) is 12.3. The average molecular weight is 321 g/mol. The van der Waals surface area contributed by atoms with Crippen LogP contribution in [-0.4, -0.2) is 11.6 Å². The molecule has 0 aliphatic rings. The van der Waals surface area contributed by atoms with Crippen molar-refractivity contribution < 1.29 is 9.47 Å². The monoisotopic (exact) mass is 320 g/mol. The summed E-state index contributed by atoms with van der Waals surface area (Å²) in [6.07, 6.45) is -0.236. The van der Waals surface area contributed by atoms with Crippen LogP contribution in [0, 0.1) is 0 Å². The molecule has 0 aliphatic carbocycles. The van der Waals surface area contributed by atoms with Crippen molar-refractivity contribution in [3.63, 3.8) is 0 Å². The second-order valence-corrected chi connectivity index (χ2v) is 4.82. The molecule has 0 bridgehead atoms. The van der Waals surface area contributed by atoms with E-state index in [1.54, 1.807) is 0 Å². The van der Waals surface area contributed by atoms with E-state index in [1.165, 1.54) is 0 Å². The lowest BCUT2D eigenvalue weighted by molar-refractivity contribution is -0.141. The van der Waals surface area contributed by atoms with Crippen molar-refractivity contribution in [2.75, 3.05) is 5.33 Å². The summed E-state index contributed by atoms with van der Waals surface area (Å²) >= 11 is 3.41. The number of alkyl halides is 1. The Bertz CT molecular complexity index is 415. The fourth-order valence-corrected chi connectivity index (χ4v) is 2.04. The highest BCUT2D eigenvalue weighted by molar-refractivity contribution is 9.09. The Balaban J connectivity index is 1.77. The average Bonchev–Trinajstić information content (AvgIpc) is 2.49. The Morgan fingerprint density at radius 1 is 0.737 bits per heavy atom. The van der Waals surface area contributed by atoms with Gasteiger partial charge in [-0.1, -0.05) is 76.6 Å². The van der Waals surface area contributed by atoms with Crippen molar-refractivity contribution in [2.24, 2.45) is 0 Å². The minimum atomic E-state index is -0.236. The van der Waals surface area contributed by atoms with Gasteiger partial charge in [-0.3, -0.25) is 0 Å². The maximum Gasteiger partial charge on any atom is 0.168 e. The molecule has 0 N–H and O–H groups in total. The molecule has 2 rings (SSSR count). The summed E-state index contributed by atoms with van der Waals surface area (Å²) in [5.41, 5.74) is 2.30. The van der Waals surface area contributed by atoms with E-state index in [2.05, 4.69) is 15.9 Å². The van der Waals surface area contributed by atoms with Crippen molar-refractivity contribution >= 4 is 15.9 Å². The van der Waals surface area contributed by atoms with Crippen LogP contribution >= 0.6 is 15.9 Å². The summed E-state index contributed by atoms with van der Waals surface area (Å²) in [5, 5.41) is 0.659. The van der Waals surface area contributed by atoms with Crippen LogP contribution in [0.4, 0.5) is 0 Å². The van der Waals surface area contributed by atoms with E-state index in [-0.39, 0.29) is 6.29 Å². The third-order valence-corrected chi connectivity index (χ3v) is 3.21. The first-order chi connectivity index (χ1) is 9.38. The molecule has 100 valence electrons. The molecule has 0 radical (unpaired) electrons. The highest BCUT2D eigenvalue weighted by Crippen LogP contribution is 2.09. The summed E-state index contributed by atoms with van der Waals surface area (Å²) in [5.74, 6) is 0. The second-order valence-electron chi connectivity index (χ2n) is 4.18. The molecule has 0 saturated heterocycles. The van der Waals surface area contributed by atoms with Crippen LogP contribution in [0.5, 0.6) is 0 Å². The maximum atomic E-state index is 5.73. The van der Waals surface area contributed by atoms with Crippen LogP contribution in [0.1, 0.15) is 11.1 Å². The highest BCUT2D eigenvalue weighted by atomic mass is 79.9. The predicted octanol–water partition coefficient (Wildman–Crippen LogP) is 4.14. The van der Waals surface area contributed by atoms with Gasteiger partial charge >= 0.3 is 0 Å². The van der Waals surface area contributed by atoms with Crippen molar-refractivity contribution in [3.05, 3.63) is 71.8 Å². The minimum Gasteiger partial charge on any atom is -0.347 e. The standard InChI is InChI=1S/C16H17BrO2/c17-11-16(18-12-14-7-3-1-4-8-14)19-13-15-9-5-2-6-10-15/h1-10,16H,11-13H2. The molecule has 3 heteroatoms. The van der Waals surface area contributed by atoms with Gasteiger partial charge in [-0.25, -0.2) is 0 Å². The lowest BCUT2D eigenvalue weighted by atomic mass is 10.2. The molecule has 0 aliphatic heterocycles. The van der Waals surface area contributed by atoms with Crippen LogP contribution < -0.4 is 0 Å². The summed E-state index contributed by atoms with van der Waals surface area (Å²) in [6.45, 7) is 1.12. The van der Waals surface area contributed by atoms with Gasteiger partial charge < -0.3 is 9.47 Å². The zero-order valence-electron chi connectivity index (χ0n) is 10.7. The van der Waals surface area contributed by atoms with E-state index in [0.29, 0.717) is 18.5 Å². The second kappa shape index (κ2) is 8.10. The summed E-state index contributed by atoms with van der Waals surface area (Å²) < 4.78 is 11.5. The molecule has 0 fully saturated rings. The lowest BCUT2D eigenvalue weighted by Gasteiger charge is -2.16. The SMILES string of the molecule is BrCC(OCc1ccccc1)OCc1ccccc1. The van der Waals surface area contributed by atoms with Gasteiger partial charge in [0.15, 0.2) is 6.29 Å². The molecule has 0 heterocycles. The van der Waals surface area contributed by atoms with Gasteiger partial charge in [0.1, 0.15) is 0 Å². The molecule has 2 aromatic carbocycles. The number of rotatable bonds is 7. The van der Waals surface area contributed by atoms with E-state index < -0.39 is 0 Å². The zero-order chi connectivity index (χ0) is 13.3. The van der Waals surface area contributed by atoms with Gasteiger partial charge in [0, 0.05) is 0 Å². The molecule has 0 spiro atoms. The molecular weight excluding hydrogens is 304 g/mol. The Labute approximate surface area is 122 Å². The molecule has 2 nitrogen and oxygen atoms in total. The van der Waals surface area contributed by atoms with Crippen LogP contribution in [0.2, 0.25) is 0 Å². The molecule has 0 atom stereocenters. The minimum absolute atomic E-state index is 0.236. The number of hydrogen-bond donors (Lipinski definition) is 0. The van der Waals surface area contributed by atoms with Crippen LogP contribution in [0.25, 0.3) is 0 Å². The van der Waals surface area contributed by atoms with Crippen molar-refractivity contribution in [1.29, 1.82) is 0 Å². The first-order valence-electron chi connectivity index (χ1n) is 6.25. The number of hydrogen-bond acceptors (Lipinski definition) is 2. The number of halogens is 1. The van der Waals surface area contributed by atoms with Crippen molar-refractivity contribution in [3.8, 4) is 0 Å². The molecular formula is C16H17BrO2. The number of ether oxygens (including phenoxy) is 2. The third kappa shape index (κ3) is 5.15. The topological polar surface area (TPSA) is 18.5 Å². The van der Waals surface area contributed by atoms with Gasteiger partial charge in [-0.2, -0.15) is 0 Å². The smallest absolute Gasteiger partial charge is 0.168 e. The molecule has 0 unspecified atom stereocenters. The van der Waals surface area contributed by atoms with Gasteiger partial charge in [-0.15, -0.1) is 0 Å². The van der Waals surface area contributed by atoms with Crippen molar-refractivity contribution in [2.45, 2.75) is 19.5 Å². The third-order valence-electron chi connectivity index (χ3n) is 2.68. The maximum absolute atomic E-state index is 5.73. The molecule has 19 heavy (non-hydrogen) atoms. The highest BCUT2D eigenvalue weighted by Gasteiger charge is 2.08. The Kier molecular flexibility index (Phi) is 6.08. The first kappa shape index (κ1) is 14.3. The number of benzene rings is 2. The van der Waals surface area contributed by atoms with Crippen LogP contribution in [0.15, 0.2) is 60.7 Å². The van der Waals surface area contributed by atoms with Gasteiger partial charge in [0.2, 0.25) is 0 Å². The Morgan fingerprint density at radius 3 is 1.53 bits per heavy atom. The van der Waals surface area contributed by atoms with Crippen LogP contribution in [-0.2, 0) is 22.7 Å². The lowest BCUT2D eigenvalue weighted by Crippen LogP contribution is -2.18. The van der Waals surface area contributed by atoms with E-state index in [0.717, 1.165) is 11.1 Å². The normalized spacial score (nSPS) is 10.8. The quantitative estimate of drug-likeness (QED) is 0.564. The van der Waals surface area contributed by atoms with Gasteiger partial charge in [-0.05, 0) is 11.1 Å². The molecule has 0 amide bonds. The van der Waals surface area contributed by atoms with E-state index in [1.807, 2.05) is 60.7 Å². The Hall–Kier alpha value is -1.16. The van der Waals surface area contributed by atoms with Crippen LogP contribution in [0.3, 0.4) is 0 Å². The fraction of sp³-hybridized carbons (Fsp3) is 0.250. The van der Waals surface area contributed by atoms with Gasteiger partial charge in [0.05, 0.1) is 18.5 Å². The predicted molar refractivity (Wildman–Crippen MR) is 80.0 cm³/mol. The molecule has 0 aromatic heterocycles. The van der Waals surface area contributed by atoms with Crippen molar-refractivity contribution in [1.82, 2.24) is 0 Å². The largest absolute Gasteiger partial charge is 0.347 e. The first-order valence-corrected chi connectivity index (χ1v) is 7.37. The van der Waals surface area contributed by atoms with E-state index >= 15 is 0 Å². The summed E-state index contributed by atoms with van der Waals surface area (Å²) in [6, 6.07) is 20.2. The summed E-state index contributed by atoms with van der Waals surface area (Å²) in [7, 11) is 0. The summed E-state index contributed by atoms with van der Waals surface area (Å²) in [4.78, 5) is 0. The van der Waals surface area contributed by atoms with Gasteiger partial charge in [0.25, 0.3) is 0 Å². The van der Waals surface area contributed by atoms with E-state index in [9.17, 15) is 0 Å². The Morgan fingerprint density at radius 2 is 1.16 bits per heavy atom.